The van der Waals surface area contributed by atoms with E-state index in [0.29, 0.717) is 24.4 Å². The van der Waals surface area contributed by atoms with E-state index in [0.717, 1.165) is 4.90 Å². The highest BCUT2D eigenvalue weighted by molar-refractivity contribution is 8.00. The smallest absolute Gasteiger partial charge is 0.215 e. The summed E-state index contributed by atoms with van der Waals surface area (Å²) in [5, 5.41) is 9.82. The predicted octanol–water partition coefficient (Wildman–Crippen LogP) is 1.39. The molecule has 21 heavy (non-hydrogen) atoms. The number of nitrogen functional groups attached to an aromatic ring is 1. The summed E-state index contributed by atoms with van der Waals surface area (Å²) in [6.07, 6.45) is 0.151. The molecule has 0 spiro atoms. The van der Waals surface area contributed by atoms with Crippen LogP contribution in [0.4, 0.5) is 5.69 Å². The van der Waals surface area contributed by atoms with Gasteiger partial charge in [-0.1, -0.05) is 13.0 Å². The van der Waals surface area contributed by atoms with Gasteiger partial charge in [-0.2, -0.15) is 4.31 Å². The third kappa shape index (κ3) is 4.60. The van der Waals surface area contributed by atoms with Gasteiger partial charge in [-0.15, -0.1) is 11.8 Å². The Morgan fingerprint density at radius 3 is 2.90 bits per heavy atom. The topological polar surface area (TPSA) is 83.6 Å². The molecule has 1 fully saturated rings. The van der Waals surface area contributed by atoms with Crippen molar-refractivity contribution in [2.75, 3.05) is 30.3 Å². The van der Waals surface area contributed by atoms with Crippen LogP contribution in [-0.2, 0) is 10.0 Å². The first kappa shape index (κ1) is 16.6. The van der Waals surface area contributed by atoms with Crippen molar-refractivity contribution in [3.05, 3.63) is 24.3 Å². The monoisotopic (exact) mass is 330 g/mol. The van der Waals surface area contributed by atoms with Gasteiger partial charge in [0.2, 0.25) is 10.0 Å². The van der Waals surface area contributed by atoms with E-state index in [1.165, 1.54) is 16.1 Å². The van der Waals surface area contributed by atoms with Crippen LogP contribution in [0.1, 0.15) is 13.3 Å². The molecule has 5 nitrogen and oxygen atoms in total. The zero-order valence-corrected chi connectivity index (χ0v) is 13.7. The predicted molar refractivity (Wildman–Crippen MR) is 86.7 cm³/mol. The van der Waals surface area contributed by atoms with E-state index in [1.807, 2.05) is 25.1 Å². The molecule has 2 atom stereocenters. The zero-order valence-electron chi connectivity index (χ0n) is 12.1. The summed E-state index contributed by atoms with van der Waals surface area (Å²) in [4.78, 5) is 0.970. The van der Waals surface area contributed by atoms with Crippen LogP contribution >= 0.6 is 11.8 Å². The average Bonchev–Trinajstić information content (AvgIpc) is 2.41. The Labute approximate surface area is 130 Å². The Balaban J connectivity index is 1.87. The van der Waals surface area contributed by atoms with Crippen molar-refractivity contribution in [3.63, 3.8) is 0 Å². The van der Waals surface area contributed by atoms with E-state index in [4.69, 9.17) is 5.73 Å². The van der Waals surface area contributed by atoms with Gasteiger partial charge in [0.1, 0.15) is 0 Å². The van der Waals surface area contributed by atoms with Crippen LogP contribution in [0.2, 0.25) is 0 Å². The second kappa shape index (κ2) is 7.00. The number of hydrogen-bond acceptors (Lipinski definition) is 5. The van der Waals surface area contributed by atoms with Crippen LogP contribution in [-0.4, -0.2) is 48.5 Å². The minimum absolute atomic E-state index is 0.0770. The van der Waals surface area contributed by atoms with E-state index in [1.54, 1.807) is 6.07 Å². The maximum absolute atomic E-state index is 12.3. The van der Waals surface area contributed by atoms with Gasteiger partial charge in [-0.05, 0) is 30.5 Å². The molecule has 1 aliphatic rings. The molecule has 1 saturated heterocycles. The van der Waals surface area contributed by atoms with Crippen molar-refractivity contribution in [2.24, 2.45) is 5.92 Å². The second-order valence-corrected chi connectivity index (χ2v) is 8.69. The molecule has 0 bridgehead atoms. The fourth-order valence-corrected chi connectivity index (χ4v) is 5.10. The molecule has 1 aromatic carbocycles. The van der Waals surface area contributed by atoms with Gasteiger partial charge in [0, 0.05) is 29.4 Å². The number of anilines is 1. The van der Waals surface area contributed by atoms with Gasteiger partial charge in [0.15, 0.2) is 0 Å². The number of thioether (sulfide) groups is 1. The largest absolute Gasteiger partial charge is 0.399 e. The van der Waals surface area contributed by atoms with Crippen molar-refractivity contribution in [3.8, 4) is 0 Å². The summed E-state index contributed by atoms with van der Waals surface area (Å²) >= 11 is 1.48. The number of nitrogens with zero attached hydrogens (tertiary/aromatic N) is 1. The third-order valence-corrected chi connectivity index (χ3v) is 6.84. The van der Waals surface area contributed by atoms with Crippen LogP contribution in [0.5, 0.6) is 0 Å². The molecule has 2 unspecified atom stereocenters. The lowest BCUT2D eigenvalue weighted by Crippen LogP contribution is -2.46. The zero-order chi connectivity index (χ0) is 15.5. The van der Waals surface area contributed by atoms with Gasteiger partial charge < -0.3 is 10.8 Å². The lowest BCUT2D eigenvalue weighted by atomic mass is 9.98. The minimum atomic E-state index is -3.30. The molecule has 0 aromatic heterocycles. The summed E-state index contributed by atoms with van der Waals surface area (Å²) in [6, 6.07) is 7.41. The van der Waals surface area contributed by atoms with Gasteiger partial charge >= 0.3 is 0 Å². The minimum Gasteiger partial charge on any atom is -0.399 e. The molecule has 118 valence electrons. The molecule has 3 N–H and O–H groups in total. The first-order chi connectivity index (χ1) is 9.88. The van der Waals surface area contributed by atoms with Crippen molar-refractivity contribution in [2.45, 2.75) is 24.3 Å². The molecule has 1 aromatic rings. The second-order valence-electron chi connectivity index (χ2n) is 5.43. The summed E-state index contributed by atoms with van der Waals surface area (Å²) in [5.74, 6) is 0.722. The van der Waals surface area contributed by atoms with Crippen LogP contribution in [0.3, 0.4) is 0 Å². The van der Waals surface area contributed by atoms with Crippen molar-refractivity contribution >= 4 is 27.5 Å². The van der Waals surface area contributed by atoms with E-state index >= 15 is 0 Å². The maximum Gasteiger partial charge on any atom is 0.215 e. The Morgan fingerprint density at radius 2 is 2.24 bits per heavy atom. The fourth-order valence-electron chi connectivity index (χ4n) is 2.27. The van der Waals surface area contributed by atoms with Crippen molar-refractivity contribution < 1.29 is 13.5 Å². The van der Waals surface area contributed by atoms with E-state index in [9.17, 15) is 13.5 Å². The number of β-amino-alcohol motifs (C(OH)–C–C–N with tert-alkyl or cyclic N) is 1. The van der Waals surface area contributed by atoms with Crippen LogP contribution in [0, 0.1) is 5.92 Å². The molecular weight excluding hydrogens is 308 g/mol. The number of sulfonamides is 1. The lowest BCUT2D eigenvalue weighted by Gasteiger charge is -2.33. The molecule has 1 heterocycles. The van der Waals surface area contributed by atoms with Gasteiger partial charge in [-0.25, -0.2) is 8.42 Å². The highest BCUT2D eigenvalue weighted by atomic mass is 32.2. The standard InChI is InChI=1S/C14H22N2O3S2/c1-11-5-6-16(10-14(11)17)21(18,19)8-7-20-13-4-2-3-12(15)9-13/h2-4,9,11,14,17H,5-8,10,15H2,1H3. The Bertz CT molecular complexity index is 577. The summed E-state index contributed by atoms with van der Waals surface area (Å²) in [7, 11) is -3.30. The number of benzene rings is 1. The van der Waals surface area contributed by atoms with E-state index in [-0.39, 0.29) is 18.2 Å². The number of rotatable bonds is 5. The molecule has 0 saturated carbocycles. The van der Waals surface area contributed by atoms with Crippen molar-refractivity contribution in [1.29, 1.82) is 0 Å². The fraction of sp³-hybridized carbons (Fsp3) is 0.571. The van der Waals surface area contributed by atoms with Crippen molar-refractivity contribution in [1.82, 2.24) is 4.31 Å². The Morgan fingerprint density at radius 1 is 1.48 bits per heavy atom. The third-order valence-electron chi connectivity index (χ3n) is 3.74. The summed E-state index contributed by atoms with van der Waals surface area (Å²) in [5.41, 5.74) is 6.37. The summed E-state index contributed by atoms with van der Waals surface area (Å²) in [6.45, 7) is 2.67. The quantitative estimate of drug-likeness (QED) is 0.630. The number of aliphatic hydroxyl groups is 1. The number of nitrogens with two attached hydrogens (primary N) is 1. The molecule has 0 aliphatic carbocycles. The van der Waals surface area contributed by atoms with Crippen LogP contribution in [0.25, 0.3) is 0 Å². The molecular formula is C14H22N2O3S2. The number of aliphatic hydroxyl groups excluding tert-OH is 1. The Hall–Kier alpha value is -0.760. The number of hydrogen-bond donors (Lipinski definition) is 2. The van der Waals surface area contributed by atoms with Crippen LogP contribution < -0.4 is 5.73 Å². The van der Waals surface area contributed by atoms with Gasteiger partial charge in [0.05, 0.1) is 11.9 Å². The SMILES string of the molecule is CC1CCN(S(=O)(=O)CCSc2cccc(N)c2)CC1O. The summed E-state index contributed by atoms with van der Waals surface area (Å²) < 4.78 is 26.0. The molecule has 0 radical (unpaired) electrons. The Kier molecular flexibility index (Phi) is 5.54. The maximum atomic E-state index is 12.3. The van der Waals surface area contributed by atoms with E-state index in [2.05, 4.69) is 0 Å². The van der Waals surface area contributed by atoms with Gasteiger partial charge in [-0.3, -0.25) is 0 Å². The van der Waals surface area contributed by atoms with Gasteiger partial charge in [0.25, 0.3) is 0 Å². The first-order valence-electron chi connectivity index (χ1n) is 7.03. The molecule has 1 aliphatic heterocycles. The molecule has 7 heteroatoms. The molecule has 0 amide bonds. The highest BCUT2D eigenvalue weighted by Crippen LogP contribution is 2.23. The van der Waals surface area contributed by atoms with E-state index < -0.39 is 16.1 Å². The lowest BCUT2D eigenvalue weighted by molar-refractivity contribution is 0.0606. The number of piperidine rings is 1. The molecule has 2 rings (SSSR count). The first-order valence-corrected chi connectivity index (χ1v) is 9.62. The average molecular weight is 330 g/mol. The normalized spacial score (nSPS) is 24.1. The highest BCUT2D eigenvalue weighted by Gasteiger charge is 2.31. The van der Waals surface area contributed by atoms with Crippen LogP contribution in [0.15, 0.2) is 29.2 Å².